The average molecular weight is 623 g/mol. The highest BCUT2D eigenvalue weighted by atomic mass is 35.5. The lowest BCUT2D eigenvalue weighted by Gasteiger charge is -2.31. The molecule has 10 nitrogen and oxygen atoms in total. The standard InChI is InChI=1S/C30H28ClFN6O4S/c1-18-13-22-25(15-23(18)32)37(16-21-14-19-8-6-10-33-29(19)34-28(21)31)27(30(39)42-12-11-36(2)3)26(22)38-17-20-7-4-5-9-24(20)35-43(38,40)41/h4-10,13-15,35H,11-12,16-17H2,1-3H3. The van der Waals surface area contributed by atoms with E-state index in [0.717, 1.165) is 9.69 Å². The van der Waals surface area contributed by atoms with Crippen LogP contribution in [-0.4, -0.2) is 61.1 Å². The molecule has 0 saturated carbocycles. The molecule has 6 rings (SSSR count). The molecule has 13 heteroatoms. The van der Waals surface area contributed by atoms with E-state index >= 15 is 4.39 Å². The summed E-state index contributed by atoms with van der Waals surface area (Å²) < 4.78 is 53.6. The van der Waals surface area contributed by atoms with Crippen LogP contribution in [0.1, 0.15) is 27.2 Å². The molecule has 1 aliphatic heterocycles. The van der Waals surface area contributed by atoms with Crippen molar-refractivity contribution in [3.8, 4) is 0 Å². The Morgan fingerprint density at radius 2 is 1.95 bits per heavy atom. The maximum atomic E-state index is 15.2. The van der Waals surface area contributed by atoms with Crippen LogP contribution in [0.2, 0.25) is 5.15 Å². The molecule has 0 unspecified atom stereocenters. The van der Waals surface area contributed by atoms with Crippen LogP contribution in [-0.2, 0) is 28.0 Å². The van der Waals surface area contributed by atoms with Crippen LogP contribution in [0.25, 0.3) is 21.9 Å². The van der Waals surface area contributed by atoms with Crippen molar-refractivity contribution >= 4 is 61.1 Å². The first-order valence-corrected chi connectivity index (χ1v) is 15.3. The summed E-state index contributed by atoms with van der Waals surface area (Å²) in [6.45, 7) is 2.01. The van der Waals surface area contributed by atoms with Gasteiger partial charge in [0, 0.05) is 29.1 Å². The van der Waals surface area contributed by atoms with Crippen molar-refractivity contribution in [2.45, 2.75) is 20.0 Å². The summed E-state index contributed by atoms with van der Waals surface area (Å²) in [4.78, 5) is 24.4. The molecule has 4 heterocycles. The predicted molar refractivity (Wildman–Crippen MR) is 164 cm³/mol. The molecule has 1 aliphatic rings. The number of carbonyl (C=O) groups excluding carboxylic acids is 1. The third-order valence-electron chi connectivity index (χ3n) is 7.34. The topological polar surface area (TPSA) is 110 Å². The summed E-state index contributed by atoms with van der Waals surface area (Å²) in [6, 6.07) is 15.3. The maximum Gasteiger partial charge on any atom is 0.357 e. The number of aromatic nitrogens is 3. The highest BCUT2D eigenvalue weighted by Gasteiger charge is 2.37. The van der Waals surface area contributed by atoms with E-state index < -0.39 is 22.0 Å². The van der Waals surface area contributed by atoms with E-state index in [0.29, 0.717) is 39.9 Å². The van der Waals surface area contributed by atoms with Crippen LogP contribution in [0.5, 0.6) is 0 Å². The molecule has 0 atom stereocenters. The molecule has 3 aromatic heterocycles. The Labute approximate surface area is 252 Å². The van der Waals surface area contributed by atoms with Crippen LogP contribution in [0.15, 0.2) is 60.8 Å². The van der Waals surface area contributed by atoms with Crippen molar-refractivity contribution in [2.24, 2.45) is 0 Å². The zero-order chi connectivity index (χ0) is 30.5. The van der Waals surface area contributed by atoms with Gasteiger partial charge >= 0.3 is 16.2 Å². The fraction of sp³-hybridized carbons (Fsp3) is 0.233. The number of anilines is 2. The van der Waals surface area contributed by atoms with Crippen LogP contribution < -0.4 is 9.03 Å². The van der Waals surface area contributed by atoms with Gasteiger partial charge in [-0.3, -0.25) is 4.72 Å². The lowest BCUT2D eigenvalue weighted by Crippen LogP contribution is -2.40. The van der Waals surface area contributed by atoms with Crippen LogP contribution in [0.3, 0.4) is 0 Å². The van der Waals surface area contributed by atoms with E-state index in [1.807, 2.05) is 25.1 Å². The molecular weight excluding hydrogens is 595 g/mol. The lowest BCUT2D eigenvalue weighted by molar-refractivity contribution is 0.0471. The second-order valence-electron chi connectivity index (χ2n) is 10.6. The normalized spacial score (nSPS) is 14.2. The number of likely N-dealkylation sites (N-methyl/N-ethyl adjacent to an activating group) is 1. The number of benzene rings is 2. The lowest BCUT2D eigenvalue weighted by atomic mass is 10.1. The Morgan fingerprint density at radius 3 is 2.74 bits per heavy atom. The van der Waals surface area contributed by atoms with Crippen LogP contribution in [0, 0.1) is 12.7 Å². The largest absolute Gasteiger partial charge is 0.460 e. The van der Waals surface area contributed by atoms with E-state index in [-0.39, 0.29) is 41.8 Å². The number of hydrogen-bond acceptors (Lipinski definition) is 7. The molecule has 0 amide bonds. The number of nitrogens with zero attached hydrogens (tertiary/aromatic N) is 5. The monoisotopic (exact) mass is 622 g/mol. The number of rotatable bonds is 7. The Bertz CT molecular complexity index is 2010. The SMILES string of the molecule is Cc1cc2c(N3Cc4ccccc4NS3(=O)=O)c(C(=O)OCCN(C)C)n(Cc3cc4cccnc4nc3Cl)c2cc1F. The smallest absolute Gasteiger partial charge is 0.357 e. The Hall–Kier alpha value is -4.26. The number of pyridine rings is 2. The van der Waals surface area contributed by atoms with Crippen LogP contribution in [0.4, 0.5) is 15.8 Å². The first kappa shape index (κ1) is 28.8. The number of para-hydroxylation sites is 1. The minimum absolute atomic E-state index is 0.0221. The predicted octanol–water partition coefficient (Wildman–Crippen LogP) is 5.13. The Morgan fingerprint density at radius 1 is 1.16 bits per heavy atom. The first-order chi connectivity index (χ1) is 20.5. The fourth-order valence-corrected chi connectivity index (χ4v) is 6.69. The summed E-state index contributed by atoms with van der Waals surface area (Å²) >= 11 is 6.59. The van der Waals surface area contributed by atoms with Crippen molar-refractivity contribution in [1.29, 1.82) is 0 Å². The Balaban J connectivity index is 1.60. The molecule has 222 valence electrons. The molecule has 43 heavy (non-hydrogen) atoms. The van der Waals surface area contributed by atoms with Crippen molar-refractivity contribution < 1.29 is 22.3 Å². The minimum Gasteiger partial charge on any atom is -0.460 e. The van der Waals surface area contributed by atoms with Gasteiger partial charge in [-0.1, -0.05) is 29.8 Å². The summed E-state index contributed by atoms with van der Waals surface area (Å²) in [7, 11) is -0.493. The van der Waals surface area contributed by atoms with Crippen molar-refractivity contribution in [1.82, 2.24) is 19.4 Å². The molecule has 2 aromatic carbocycles. The van der Waals surface area contributed by atoms with Gasteiger partial charge < -0.3 is 14.2 Å². The van der Waals surface area contributed by atoms with Crippen molar-refractivity contribution in [3.05, 3.63) is 94.1 Å². The molecular formula is C30H28ClFN6O4S. The van der Waals surface area contributed by atoms with Crippen LogP contribution >= 0.6 is 11.6 Å². The van der Waals surface area contributed by atoms with Gasteiger partial charge in [0.15, 0.2) is 11.3 Å². The van der Waals surface area contributed by atoms with Gasteiger partial charge in [0.25, 0.3) is 0 Å². The molecule has 0 saturated heterocycles. The van der Waals surface area contributed by atoms with Gasteiger partial charge in [0.1, 0.15) is 17.6 Å². The van der Waals surface area contributed by atoms with Gasteiger partial charge in [-0.15, -0.1) is 0 Å². The third kappa shape index (κ3) is 5.37. The van der Waals surface area contributed by atoms with E-state index in [1.54, 1.807) is 60.2 Å². The number of aryl methyl sites for hydroxylation is 1. The van der Waals surface area contributed by atoms with Crippen molar-refractivity contribution in [2.75, 3.05) is 36.3 Å². The van der Waals surface area contributed by atoms with Gasteiger partial charge in [-0.25, -0.2) is 23.5 Å². The number of nitrogens with one attached hydrogen (secondary N) is 1. The number of ether oxygens (including phenoxy) is 1. The van der Waals surface area contributed by atoms with Crippen molar-refractivity contribution in [3.63, 3.8) is 0 Å². The third-order valence-corrected chi connectivity index (χ3v) is 9.03. The van der Waals surface area contributed by atoms with E-state index in [4.69, 9.17) is 16.3 Å². The summed E-state index contributed by atoms with van der Waals surface area (Å²) in [6.07, 6.45) is 1.61. The van der Waals surface area contributed by atoms with E-state index in [1.165, 1.54) is 6.07 Å². The van der Waals surface area contributed by atoms with E-state index in [9.17, 15) is 13.2 Å². The molecule has 0 radical (unpaired) electrons. The molecule has 0 aliphatic carbocycles. The summed E-state index contributed by atoms with van der Waals surface area (Å²) in [5, 5.41) is 1.24. The summed E-state index contributed by atoms with van der Waals surface area (Å²) in [5.74, 6) is -1.27. The van der Waals surface area contributed by atoms with E-state index in [2.05, 4.69) is 14.7 Å². The quantitative estimate of drug-likeness (QED) is 0.198. The van der Waals surface area contributed by atoms with Gasteiger partial charge in [0.05, 0.1) is 30.0 Å². The average Bonchev–Trinajstić information content (AvgIpc) is 3.24. The molecule has 1 N–H and O–H groups in total. The first-order valence-electron chi connectivity index (χ1n) is 13.5. The number of esters is 1. The number of halogens is 2. The highest BCUT2D eigenvalue weighted by Crippen LogP contribution is 2.41. The zero-order valence-electron chi connectivity index (χ0n) is 23.6. The van der Waals surface area contributed by atoms with Gasteiger partial charge in [0.2, 0.25) is 0 Å². The second kappa shape index (κ2) is 11.1. The second-order valence-corrected chi connectivity index (χ2v) is 12.6. The Kier molecular flexibility index (Phi) is 7.45. The fourth-order valence-electron chi connectivity index (χ4n) is 5.17. The van der Waals surface area contributed by atoms with Gasteiger partial charge in [-0.05, 0) is 68.5 Å². The molecule has 0 spiro atoms. The van der Waals surface area contributed by atoms with Gasteiger partial charge in [-0.2, -0.15) is 8.42 Å². The highest BCUT2D eigenvalue weighted by molar-refractivity contribution is 7.94. The molecule has 5 aromatic rings. The minimum atomic E-state index is -4.18. The number of fused-ring (bicyclic) bond motifs is 3. The molecule has 0 fully saturated rings. The molecule has 0 bridgehead atoms. The summed E-state index contributed by atoms with van der Waals surface area (Å²) in [5.41, 5.74) is 2.75. The number of hydrogen-bond donors (Lipinski definition) is 1. The maximum absolute atomic E-state index is 15.2. The zero-order valence-corrected chi connectivity index (χ0v) is 25.2. The number of carbonyl (C=O) groups is 1.